The van der Waals surface area contributed by atoms with Crippen LogP contribution in [-0.2, 0) is 4.74 Å². The van der Waals surface area contributed by atoms with Gasteiger partial charge in [0.1, 0.15) is 5.56 Å². The molecular formula is C7H5BF4NO2-. The van der Waals surface area contributed by atoms with Crippen LogP contribution in [0.15, 0.2) is 12.3 Å². The van der Waals surface area contributed by atoms with Crippen molar-refractivity contribution < 1.29 is 26.9 Å². The predicted molar refractivity (Wildman–Crippen MR) is 44.2 cm³/mol. The number of hydrogen-bond donors (Lipinski definition) is 0. The van der Waals surface area contributed by atoms with E-state index in [1.54, 1.807) is 0 Å². The molecule has 0 saturated carbocycles. The average molecular weight is 222 g/mol. The van der Waals surface area contributed by atoms with Crippen molar-refractivity contribution in [1.29, 1.82) is 0 Å². The van der Waals surface area contributed by atoms with E-state index in [9.17, 15) is 22.1 Å². The molecule has 8 heteroatoms. The summed E-state index contributed by atoms with van der Waals surface area (Å²) in [5, 5.41) is 0. The van der Waals surface area contributed by atoms with E-state index in [0.29, 0.717) is 12.3 Å². The lowest BCUT2D eigenvalue weighted by atomic mass is 9.81. The fourth-order valence-corrected chi connectivity index (χ4v) is 0.896. The van der Waals surface area contributed by atoms with E-state index in [-0.39, 0.29) is 0 Å². The molecule has 0 N–H and O–H groups in total. The zero-order valence-electron chi connectivity index (χ0n) is 7.51. The quantitative estimate of drug-likeness (QED) is 0.325. The molecule has 0 aliphatic heterocycles. The molecule has 1 aromatic heterocycles. The third-order valence-corrected chi connectivity index (χ3v) is 1.64. The summed E-state index contributed by atoms with van der Waals surface area (Å²) in [5.41, 5.74) is -1.97. The van der Waals surface area contributed by atoms with Crippen molar-refractivity contribution in [3.8, 4) is 0 Å². The van der Waals surface area contributed by atoms with Crippen LogP contribution in [0.4, 0.5) is 17.3 Å². The van der Waals surface area contributed by atoms with Gasteiger partial charge >= 0.3 is 12.9 Å². The monoisotopic (exact) mass is 222 g/mol. The Labute approximate surface area is 82.1 Å². The molecule has 0 aliphatic rings. The molecule has 15 heavy (non-hydrogen) atoms. The largest absolute Gasteiger partial charge is 0.511 e. The molecular weight excluding hydrogens is 217 g/mol. The smallest absolute Gasteiger partial charge is 0.465 e. The van der Waals surface area contributed by atoms with Crippen LogP contribution in [0.5, 0.6) is 0 Å². The second-order valence-corrected chi connectivity index (χ2v) is 2.67. The van der Waals surface area contributed by atoms with Crippen molar-refractivity contribution >= 4 is 18.4 Å². The summed E-state index contributed by atoms with van der Waals surface area (Å²) in [7, 11) is 0.938. The molecule has 0 saturated heterocycles. The number of esters is 1. The number of halogens is 4. The number of rotatable bonds is 2. The summed E-state index contributed by atoms with van der Waals surface area (Å²) in [4.78, 5) is 13.7. The Morgan fingerprint density at radius 3 is 2.53 bits per heavy atom. The molecule has 1 heterocycles. The predicted octanol–water partition coefficient (Wildman–Crippen LogP) is 1.06. The van der Waals surface area contributed by atoms with Crippen LogP contribution in [-0.4, -0.2) is 25.0 Å². The molecule has 0 amide bonds. The van der Waals surface area contributed by atoms with Crippen LogP contribution in [0, 0.1) is 5.95 Å². The molecule has 1 aromatic rings. The van der Waals surface area contributed by atoms with Crippen LogP contribution in [0.1, 0.15) is 10.4 Å². The number of hydrogen-bond acceptors (Lipinski definition) is 3. The number of aromatic nitrogens is 1. The van der Waals surface area contributed by atoms with Gasteiger partial charge in [-0.05, 0) is 0 Å². The summed E-state index contributed by atoms with van der Waals surface area (Å²) in [6.07, 6.45) is 0.335. The summed E-state index contributed by atoms with van der Waals surface area (Å²) >= 11 is 0. The first-order valence-corrected chi connectivity index (χ1v) is 3.80. The van der Waals surface area contributed by atoms with E-state index in [1.807, 2.05) is 0 Å². The van der Waals surface area contributed by atoms with Gasteiger partial charge in [-0.3, -0.25) is 0 Å². The van der Waals surface area contributed by atoms with Crippen molar-refractivity contribution in [1.82, 2.24) is 4.98 Å². The first-order chi connectivity index (χ1) is 6.86. The van der Waals surface area contributed by atoms with Crippen molar-refractivity contribution in [3.63, 3.8) is 0 Å². The molecule has 0 bridgehead atoms. The van der Waals surface area contributed by atoms with Crippen molar-refractivity contribution in [3.05, 3.63) is 23.8 Å². The Hall–Kier alpha value is -1.60. The maximum absolute atomic E-state index is 12.8. The van der Waals surface area contributed by atoms with Crippen LogP contribution in [0.3, 0.4) is 0 Å². The number of nitrogens with zero attached hydrogens (tertiary/aromatic N) is 1. The molecule has 0 aromatic carbocycles. The van der Waals surface area contributed by atoms with Crippen LogP contribution >= 0.6 is 0 Å². The molecule has 0 radical (unpaired) electrons. The Kier molecular flexibility index (Phi) is 2.97. The van der Waals surface area contributed by atoms with E-state index >= 15 is 0 Å². The van der Waals surface area contributed by atoms with Crippen molar-refractivity contribution in [2.75, 3.05) is 7.11 Å². The number of methoxy groups -OCH3 is 1. The molecule has 82 valence electrons. The topological polar surface area (TPSA) is 39.2 Å². The Bertz CT molecular complexity index is 393. The van der Waals surface area contributed by atoms with E-state index in [0.717, 1.165) is 7.11 Å². The van der Waals surface area contributed by atoms with Crippen LogP contribution < -0.4 is 5.46 Å². The SMILES string of the molecule is COC(=O)c1cc([B-](F)(F)F)cnc1F. The van der Waals surface area contributed by atoms with Gasteiger partial charge < -0.3 is 17.7 Å². The van der Waals surface area contributed by atoms with Gasteiger partial charge in [-0.2, -0.15) is 4.39 Å². The summed E-state index contributed by atoms with van der Waals surface area (Å²) < 4.78 is 53.6. The molecule has 0 spiro atoms. The lowest BCUT2D eigenvalue weighted by molar-refractivity contribution is 0.0594. The molecule has 1 rings (SSSR count). The fourth-order valence-electron chi connectivity index (χ4n) is 0.896. The van der Waals surface area contributed by atoms with Crippen molar-refractivity contribution in [2.45, 2.75) is 0 Å². The van der Waals surface area contributed by atoms with Gasteiger partial charge in [-0.15, -0.1) is 0 Å². The van der Waals surface area contributed by atoms with Crippen LogP contribution in [0.25, 0.3) is 0 Å². The van der Waals surface area contributed by atoms with Crippen LogP contribution in [0.2, 0.25) is 0 Å². The van der Waals surface area contributed by atoms with E-state index in [2.05, 4.69) is 9.72 Å². The number of ether oxygens (including phenoxy) is 1. The van der Waals surface area contributed by atoms with Gasteiger partial charge in [0.15, 0.2) is 0 Å². The summed E-state index contributed by atoms with van der Waals surface area (Å²) in [5.74, 6) is -2.48. The number of carbonyl (C=O) groups excluding carboxylic acids is 1. The van der Waals surface area contributed by atoms with Gasteiger partial charge in [-0.1, -0.05) is 11.5 Å². The fraction of sp³-hybridized carbons (Fsp3) is 0.143. The maximum atomic E-state index is 12.8. The molecule has 0 unspecified atom stereocenters. The zero-order valence-corrected chi connectivity index (χ0v) is 7.51. The normalized spacial score (nSPS) is 11.3. The summed E-state index contributed by atoms with van der Waals surface area (Å²) in [6.45, 7) is -5.31. The minimum Gasteiger partial charge on any atom is -0.465 e. The molecule has 0 atom stereocenters. The first-order valence-electron chi connectivity index (χ1n) is 3.80. The number of pyridine rings is 1. The van der Waals surface area contributed by atoms with Gasteiger partial charge in [0, 0.05) is 6.20 Å². The van der Waals surface area contributed by atoms with Gasteiger partial charge in [0.2, 0.25) is 5.95 Å². The highest BCUT2D eigenvalue weighted by atomic mass is 19.4. The third kappa shape index (κ3) is 2.45. The van der Waals surface area contributed by atoms with Gasteiger partial charge in [0.05, 0.1) is 7.11 Å². The average Bonchev–Trinajstić information content (AvgIpc) is 2.15. The highest BCUT2D eigenvalue weighted by molar-refractivity contribution is 6.73. The minimum absolute atomic E-state index is 0.335. The zero-order chi connectivity index (χ0) is 11.6. The van der Waals surface area contributed by atoms with E-state index < -0.39 is 29.9 Å². The third-order valence-electron chi connectivity index (χ3n) is 1.64. The lowest BCUT2D eigenvalue weighted by Gasteiger charge is -2.14. The molecule has 3 nitrogen and oxygen atoms in total. The second-order valence-electron chi connectivity index (χ2n) is 2.67. The first kappa shape index (κ1) is 11.5. The number of carbonyl (C=O) groups is 1. The highest BCUT2D eigenvalue weighted by Crippen LogP contribution is 2.11. The van der Waals surface area contributed by atoms with Gasteiger partial charge in [0.25, 0.3) is 0 Å². The van der Waals surface area contributed by atoms with E-state index in [1.165, 1.54) is 0 Å². The minimum atomic E-state index is -5.31. The molecule has 0 fully saturated rings. The standard InChI is InChI=1S/C7H5BF4NO2/c1-15-7(14)5-2-4(8(10,11)12)3-13-6(5)9/h2-3H,1H3/q-1. The summed E-state index contributed by atoms with van der Waals surface area (Å²) in [6, 6.07) is 0.383. The van der Waals surface area contributed by atoms with E-state index in [4.69, 9.17) is 0 Å². The Morgan fingerprint density at radius 1 is 1.47 bits per heavy atom. The Balaban J connectivity index is 3.23. The highest BCUT2D eigenvalue weighted by Gasteiger charge is 2.28. The van der Waals surface area contributed by atoms with Crippen molar-refractivity contribution in [2.24, 2.45) is 0 Å². The van der Waals surface area contributed by atoms with Gasteiger partial charge in [-0.25, -0.2) is 9.78 Å². The second kappa shape index (κ2) is 3.88. The maximum Gasteiger partial charge on any atom is 0.511 e. The lowest BCUT2D eigenvalue weighted by Crippen LogP contribution is -2.35. The molecule has 0 aliphatic carbocycles. The Morgan fingerprint density at radius 2 is 2.07 bits per heavy atom.